The minimum Gasteiger partial charge on any atom is -0.504 e. The summed E-state index contributed by atoms with van der Waals surface area (Å²) >= 11 is 0. The number of phenols is 3. The van der Waals surface area contributed by atoms with E-state index in [4.69, 9.17) is 4.74 Å². The van der Waals surface area contributed by atoms with Gasteiger partial charge in [0.15, 0.2) is 23.0 Å². The van der Waals surface area contributed by atoms with Gasteiger partial charge in [-0.25, -0.2) is 0 Å². The van der Waals surface area contributed by atoms with E-state index in [1.54, 1.807) is 24.3 Å². The van der Waals surface area contributed by atoms with Crippen LogP contribution >= 0.6 is 0 Å². The van der Waals surface area contributed by atoms with E-state index in [2.05, 4.69) is 5.32 Å². The van der Waals surface area contributed by atoms with Crippen molar-refractivity contribution in [2.24, 2.45) is 0 Å². The van der Waals surface area contributed by atoms with Crippen molar-refractivity contribution >= 4 is 0 Å². The second-order valence-corrected chi connectivity index (χ2v) is 5.22. The van der Waals surface area contributed by atoms with Crippen molar-refractivity contribution in [3.63, 3.8) is 0 Å². The summed E-state index contributed by atoms with van der Waals surface area (Å²) in [6.45, 7) is 0.894. The molecule has 2 aromatic carbocycles. The van der Waals surface area contributed by atoms with Crippen molar-refractivity contribution in [3.8, 4) is 23.0 Å². The Bertz CT molecular complexity index is 684. The highest BCUT2D eigenvalue weighted by molar-refractivity contribution is 5.50. The highest BCUT2D eigenvalue weighted by Gasteiger charge is 2.27. The maximum Gasteiger partial charge on any atom is 0.160 e. The highest BCUT2D eigenvalue weighted by atomic mass is 16.5. The first-order valence-corrected chi connectivity index (χ1v) is 6.85. The lowest BCUT2D eigenvalue weighted by Gasteiger charge is -2.25. The van der Waals surface area contributed by atoms with Gasteiger partial charge >= 0.3 is 0 Å². The molecule has 1 aliphatic rings. The molecule has 5 N–H and O–H groups in total. The Morgan fingerprint density at radius 1 is 1.05 bits per heavy atom. The van der Waals surface area contributed by atoms with Crippen LogP contribution in [0.25, 0.3) is 0 Å². The van der Waals surface area contributed by atoms with Crippen LogP contribution in [-0.4, -0.2) is 29.0 Å². The van der Waals surface area contributed by atoms with E-state index in [1.807, 2.05) is 6.07 Å². The minimum absolute atomic E-state index is 0.00903. The standard InChI is InChI=1S/C16H17NO4/c1-21-15-7-10(2-3-12(15)18)16-11-8-14(20)13(19)6-9(11)4-5-17-16/h2-3,6-8,16-20H,4-5H2,1H3/p+1/t16-/m0/s1. The van der Waals surface area contributed by atoms with Gasteiger partial charge in [-0.3, -0.25) is 0 Å². The van der Waals surface area contributed by atoms with Crippen LogP contribution in [-0.2, 0) is 6.42 Å². The van der Waals surface area contributed by atoms with Crippen molar-refractivity contribution in [2.45, 2.75) is 12.5 Å². The molecule has 1 atom stereocenters. The molecule has 0 spiro atoms. The molecule has 0 saturated heterocycles. The Labute approximate surface area is 122 Å². The lowest BCUT2D eigenvalue weighted by atomic mass is 9.89. The SMILES string of the molecule is COc1cc([C@@H]2[NH2+]CCc3cc(O)c(O)cc32)ccc1O. The molecule has 0 aliphatic carbocycles. The van der Waals surface area contributed by atoms with Crippen LogP contribution in [0.2, 0.25) is 0 Å². The summed E-state index contributed by atoms with van der Waals surface area (Å²) in [4.78, 5) is 0. The Morgan fingerprint density at radius 3 is 2.57 bits per heavy atom. The second-order valence-electron chi connectivity index (χ2n) is 5.22. The summed E-state index contributed by atoms with van der Waals surface area (Å²) in [5.41, 5.74) is 2.99. The number of quaternary nitrogens is 1. The molecule has 5 nitrogen and oxygen atoms in total. The van der Waals surface area contributed by atoms with E-state index in [0.29, 0.717) is 5.75 Å². The average Bonchev–Trinajstić information content (AvgIpc) is 2.48. The number of fused-ring (bicyclic) bond motifs is 1. The molecular weight excluding hydrogens is 270 g/mol. The largest absolute Gasteiger partial charge is 0.504 e. The van der Waals surface area contributed by atoms with E-state index in [-0.39, 0.29) is 23.3 Å². The smallest absolute Gasteiger partial charge is 0.160 e. The third kappa shape index (κ3) is 2.36. The number of nitrogens with two attached hydrogens (primary N) is 1. The van der Waals surface area contributed by atoms with Crippen molar-refractivity contribution < 1.29 is 25.4 Å². The van der Waals surface area contributed by atoms with Crippen molar-refractivity contribution in [1.29, 1.82) is 0 Å². The first-order valence-electron chi connectivity index (χ1n) is 6.85. The van der Waals surface area contributed by atoms with Crippen molar-refractivity contribution in [2.75, 3.05) is 13.7 Å². The van der Waals surface area contributed by atoms with Gasteiger partial charge in [-0.1, -0.05) is 0 Å². The molecule has 21 heavy (non-hydrogen) atoms. The molecule has 110 valence electrons. The van der Waals surface area contributed by atoms with E-state index in [1.165, 1.54) is 7.11 Å². The first kappa shape index (κ1) is 13.6. The molecule has 1 aliphatic heterocycles. The average molecular weight is 288 g/mol. The second kappa shape index (κ2) is 5.18. The molecule has 0 radical (unpaired) electrons. The summed E-state index contributed by atoms with van der Waals surface area (Å²) in [5, 5.41) is 31.3. The number of benzene rings is 2. The third-order valence-electron chi connectivity index (χ3n) is 3.95. The summed E-state index contributed by atoms with van der Waals surface area (Å²) in [6.07, 6.45) is 0.842. The summed E-state index contributed by atoms with van der Waals surface area (Å²) in [7, 11) is 1.52. The van der Waals surface area contributed by atoms with Gasteiger partial charge in [0.1, 0.15) is 6.04 Å². The predicted octanol–water partition coefficient (Wildman–Crippen LogP) is 1.02. The normalized spacial score (nSPS) is 17.3. The Balaban J connectivity index is 2.07. The van der Waals surface area contributed by atoms with Gasteiger partial charge in [0.05, 0.1) is 13.7 Å². The third-order valence-corrected chi connectivity index (χ3v) is 3.95. The summed E-state index contributed by atoms with van der Waals surface area (Å²) in [5.74, 6) is 0.333. The lowest BCUT2D eigenvalue weighted by Crippen LogP contribution is -2.87. The number of hydrogen-bond donors (Lipinski definition) is 4. The molecule has 0 amide bonds. The molecule has 0 bridgehead atoms. The van der Waals surface area contributed by atoms with E-state index < -0.39 is 0 Å². The highest BCUT2D eigenvalue weighted by Crippen LogP contribution is 2.36. The van der Waals surface area contributed by atoms with Gasteiger partial charge in [-0.2, -0.15) is 0 Å². The summed E-state index contributed by atoms with van der Waals surface area (Å²) < 4.78 is 5.15. The number of methoxy groups -OCH3 is 1. The van der Waals surface area contributed by atoms with Crippen LogP contribution in [0.5, 0.6) is 23.0 Å². The number of phenolic OH excluding ortho intramolecular Hbond substituents is 3. The fourth-order valence-corrected chi connectivity index (χ4v) is 2.88. The van der Waals surface area contributed by atoms with Gasteiger partial charge in [-0.15, -0.1) is 0 Å². The number of ether oxygens (including phenoxy) is 1. The van der Waals surface area contributed by atoms with Crippen LogP contribution in [0.1, 0.15) is 22.7 Å². The van der Waals surface area contributed by atoms with Crippen LogP contribution in [0.3, 0.4) is 0 Å². The Hall–Kier alpha value is -2.40. The number of rotatable bonds is 2. The van der Waals surface area contributed by atoms with Gasteiger partial charge in [-0.05, 0) is 35.9 Å². The van der Waals surface area contributed by atoms with Crippen LogP contribution in [0.15, 0.2) is 30.3 Å². The predicted molar refractivity (Wildman–Crippen MR) is 76.8 cm³/mol. The molecule has 1 heterocycles. The first-order chi connectivity index (χ1) is 10.1. The monoisotopic (exact) mass is 288 g/mol. The van der Waals surface area contributed by atoms with Gasteiger partial charge < -0.3 is 25.4 Å². The van der Waals surface area contributed by atoms with Crippen LogP contribution < -0.4 is 10.1 Å². The molecule has 0 fully saturated rings. The van der Waals surface area contributed by atoms with Crippen LogP contribution in [0.4, 0.5) is 0 Å². The summed E-state index contributed by atoms with van der Waals surface area (Å²) in [6, 6.07) is 8.51. The topological polar surface area (TPSA) is 86.5 Å². The van der Waals surface area contributed by atoms with Gasteiger partial charge in [0, 0.05) is 17.5 Å². The Morgan fingerprint density at radius 2 is 1.81 bits per heavy atom. The maximum absolute atomic E-state index is 9.76. The van der Waals surface area contributed by atoms with Crippen LogP contribution in [0, 0.1) is 0 Å². The van der Waals surface area contributed by atoms with E-state index >= 15 is 0 Å². The van der Waals surface area contributed by atoms with Gasteiger partial charge in [0.25, 0.3) is 0 Å². The zero-order valence-electron chi connectivity index (χ0n) is 11.7. The number of hydrogen-bond acceptors (Lipinski definition) is 4. The van der Waals surface area contributed by atoms with Crippen molar-refractivity contribution in [3.05, 3.63) is 47.0 Å². The molecule has 2 aromatic rings. The van der Waals surface area contributed by atoms with E-state index in [0.717, 1.165) is 29.7 Å². The zero-order chi connectivity index (χ0) is 15.0. The molecule has 0 saturated carbocycles. The van der Waals surface area contributed by atoms with Crippen molar-refractivity contribution in [1.82, 2.24) is 0 Å². The minimum atomic E-state index is -0.111. The quantitative estimate of drug-likeness (QED) is 0.622. The lowest BCUT2D eigenvalue weighted by molar-refractivity contribution is -0.690. The molecule has 3 rings (SSSR count). The zero-order valence-corrected chi connectivity index (χ0v) is 11.7. The Kier molecular flexibility index (Phi) is 3.35. The molecular formula is C16H18NO4+. The fourth-order valence-electron chi connectivity index (χ4n) is 2.88. The van der Waals surface area contributed by atoms with E-state index in [9.17, 15) is 15.3 Å². The molecule has 0 aromatic heterocycles. The molecule has 0 unspecified atom stereocenters. The number of aromatic hydroxyl groups is 3. The maximum atomic E-state index is 9.76. The van der Waals surface area contributed by atoms with Gasteiger partial charge in [0.2, 0.25) is 0 Å². The molecule has 5 heteroatoms. The fraction of sp³-hybridized carbons (Fsp3) is 0.250.